The van der Waals surface area contributed by atoms with Crippen LogP contribution in [0.1, 0.15) is 5.69 Å². The summed E-state index contributed by atoms with van der Waals surface area (Å²) < 4.78 is 0.854. The Labute approximate surface area is 93.2 Å². The minimum Gasteiger partial charge on any atom is -0.411 e. The predicted molar refractivity (Wildman–Crippen MR) is 59.2 cm³/mol. The molecule has 2 aromatic heterocycles. The van der Waals surface area contributed by atoms with Gasteiger partial charge in [0.05, 0.1) is 6.21 Å². The molecule has 0 bridgehead atoms. The van der Waals surface area contributed by atoms with E-state index in [4.69, 9.17) is 10.9 Å². The van der Waals surface area contributed by atoms with Crippen LogP contribution in [0, 0.1) is 0 Å². The lowest BCUT2D eigenvalue weighted by atomic mass is 10.4. The fourth-order valence-electron chi connectivity index (χ4n) is 1.28. The molecule has 2 rings (SSSR count). The van der Waals surface area contributed by atoms with Crippen molar-refractivity contribution in [2.45, 2.75) is 0 Å². The second-order valence-electron chi connectivity index (χ2n) is 3.23. The summed E-state index contributed by atoms with van der Waals surface area (Å²) in [4.78, 5) is 33.0. The second kappa shape index (κ2) is 3.70. The molecular weight excluding hydrogens is 228 g/mol. The van der Waals surface area contributed by atoms with Crippen molar-refractivity contribution in [2.75, 3.05) is 5.73 Å². The minimum absolute atomic E-state index is 0.00862. The first kappa shape index (κ1) is 10.8. The van der Waals surface area contributed by atoms with Crippen molar-refractivity contribution < 1.29 is 5.21 Å². The number of hydrogen-bond acceptors (Lipinski definition) is 7. The Hall–Kier alpha value is -2.71. The van der Waals surface area contributed by atoms with Crippen LogP contribution in [0.2, 0.25) is 0 Å². The van der Waals surface area contributed by atoms with Crippen LogP contribution in [0.25, 0.3) is 11.2 Å². The summed E-state index contributed by atoms with van der Waals surface area (Å²) >= 11 is 0. The normalized spacial score (nSPS) is 11.4. The summed E-state index contributed by atoms with van der Waals surface area (Å²) in [6, 6.07) is 0. The molecule has 9 heteroatoms. The number of anilines is 1. The first-order valence-electron chi connectivity index (χ1n) is 4.48. The highest BCUT2D eigenvalue weighted by atomic mass is 16.4. The predicted octanol–water partition coefficient (Wildman–Crippen LogP) is -1.59. The third kappa shape index (κ3) is 1.62. The number of nitrogens with two attached hydrogens (primary N) is 1. The standard InChI is InChI=1S/C8H8N6O3/c1-14-7(15)4-6(13-8(14)16)12-5(9)3(11-4)2-10-17/h2,17H,1H3,(H3,9,12,13,16)/b10-2+. The van der Waals surface area contributed by atoms with Crippen molar-refractivity contribution in [3.63, 3.8) is 0 Å². The molecule has 0 unspecified atom stereocenters. The van der Waals surface area contributed by atoms with Gasteiger partial charge in [-0.3, -0.25) is 14.3 Å². The highest BCUT2D eigenvalue weighted by Crippen LogP contribution is 2.06. The van der Waals surface area contributed by atoms with Crippen molar-refractivity contribution in [1.29, 1.82) is 0 Å². The molecule has 0 aliphatic heterocycles. The van der Waals surface area contributed by atoms with Crippen LogP contribution in [0.5, 0.6) is 0 Å². The Bertz CT molecular complexity index is 728. The number of hydrogen-bond donors (Lipinski definition) is 3. The van der Waals surface area contributed by atoms with Crippen LogP contribution in [0.15, 0.2) is 14.7 Å². The lowest BCUT2D eigenvalue weighted by Gasteiger charge is -2.02. The fraction of sp³-hybridized carbons (Fsp3) is 0.125. The van der Waals surface area contributed by atoms with Crippen LogP contribution >= 0.6 is 0 Å². The molecule has 9 nitrogen and oxygen atoms in total. The van der Waals surface area contributed by atoms with Gasteiger partial charge in [0.15, 0.2) is 17.0 Å². The number of rotatable bonds is 1. The van der Waals surface area contributed by atoms with E-state index >= 15 is 0 Å². The van der Waals surface area contributed by atoms with Gasteiger partial charge in [-0.2, -0.15) is 0 Å². The van der Waals surface area contributed by atoms with Gasteiger partial charge >= 0.3 is 5.69 Å². The molecule has 0 radical (unpaired) electrons. The largest absolute Gasteiger partial charge is 0.411 e. The van der Waals surface area contributed by atoms with Crippen molar-refractivity contribution in [3.05, 3.63) is 26.5 Å². The Morgan fingerprint density at radius 2 is 2.18 bits per heavy atom. The molecule has 0 fully saturated rings. The van der Waals surface area contributed by atoms with Gasteiger partial charge in [-0.1, -0.05) is 5.16 Å². The summed E-state index contributed by atoms with van der Waals surface area (Å²) in [5, 5.41) is 11.1. The summed E-state index contributed by atoms with van der Waals surface area (Å²) in [5.41, 5.74) is 4.26. The number of aromatic nitrogens is 4. The van der Waals surface area contributed by atoms with E-state index in [0.29, 0.717) is 0 Å². The first-order chi connectivity index (χ1) is 8.04. The van der Waals surface area contributed by atoms with Crippen molar-refractivity contribution in [1.82, 2.24) is 19.5 Å². The molecule has 0 aliphatic rings. The Morgan fingerprint density at radius 1 is 1.47 bits per heavy atom. The average molecular weight is 236 g/mol. The summed E-state index contributed by atoms with van der Waals surface area (Å²) in [7, 11) is 1.30. The molecule has 0 aliphatic carbocycles. The maximum absolute atomic E-state index is 11.7. The molecule has 88 valence electrons. The van der Waals surface area contributed by atoms with Gasteiger partial charge in [-0.15, -0.1) is 0 Å². The molecule has 2 aromatic rings. The maximum atomic E-state index is 11.7. The van der Waals surface area contributed by atoms with Crippen LogP contribution in [-0.2, 0) is 7.05 Å². The van der Waals surface area contributed by atoms with Gasteiger partial charge < -0.3 is 10.9 Å². The molecule has 0 amide bonds. The number of nitrogens with zero attached hydrogens (tertiary/aromatic N) is 4. The third-order valence-electron chi connectivity index (χ3n) is 2.17. The SMILES string of the molecule is Cn1c(=O)[nH]c2nc(N)c(/C=N/O)nc2c1=O. The molecule has 17 heavy (non-hydrogen) atoms. The van der Waals surface area contributed by atoms with Crippen LogP contribution in [0.4, 0.5) is 5.82 Å². The van der Waals surface area contributed by atoms with Crippen LogP contribution in [0.3, 0.4) is 0 Å². The summed E-state index contributed by atoms with van der Waals surface area (Å²) in [6.07, 6.45) is 0.951. The quantitative estimate of drug-likeness (QED) is 0.310. The van der Waals surface area contributed by atoms with Gasteiger partial charge in [0.2, 0.25) is 0 Å². The van der Waals surface area contributed by atoms with Crippen molar-refractivity contribution in [2.24, 2.45) is 12.2 Å². The monoisotopic (exact) mass is 236 g/mol. The van der Waals surface area contributed by atoms with Crippen LogP contribution < -0.4 is 17.0 Å². The number of aromatic amines is 1. The van der Waals surface area contributed by atoms with Gasteiger partial charge in [-0.25, -0.2) is 14.8 Å². The van der Waals surface area contributed by atoms with Gasteiger partial charge in [0.25, 0.3) is 5.56 Å². The average Bonchev–Trinajstić information content (AvgIpc) is 2.29. The highest BCUT2D eigenvalue weighted by Gasteiger charge is 2.10. The first-order valence-corrected chi connectivity index (χ1v) is 4.48. The zero-order valence-electron chi connectivity index (χ0n) is 8.71. The minimum atomic E-state index is -0.611. The van der Waals surface area contributed by atoms with E-state index in [1.807, 2.05) is 0 Å². The molecule has 0 saturated heterocycles. The van der Waals surface area contributed by atoms with Crippen molar-refractivity contribution in [3.8, 4) is 0 Å². The summed E-state index contributed by atoms with van der Waals surface area (Å²) in [6.45, 7) is 0. The molecule has 0 aromatic carbocycles. The van der Waals surface area contributed by atoms with E-state index in [-0.39, 0.29) is 22.7 Å². The molecule has 0 spiro atoms. The zero-order chi connectivity index (χ0) is 12.6. The topological polar surface area (TPSA) is 139 Å². The molecular formula is C8H8N6O3. The summed E-state index contributed by atoms with van der Waals surface area (Å²) in [5.74, 6) is -0.0563. The van der Waals surface area contributed by atoms with E-state index in [1.54, 1.807) is 0 Å². The fourth-order valence-corrected chi connectivity index (χ4v) is 1.28. The van der Waals surface area contributed by atoms with Crippen LogP contribution in [-0.4, -0.2) is 30.9 Å². The number of H-pyrrole nitrogens is 1. The molecule has 2 heterocycles. The number of oxime groups is 1. The number of nitrogen functional groups attached to an aromatic ring is 1. The third-order valence-corrected chi connectivity index (χ3v) is 2.17. The van der Waals surface area contributed by atoms with E-state index in [1.165, 1.54) is 7.05 Å². The Balaban J connectivity index is 2.95. The van der Waals surface area contributed by atoms with Crippen molar-refractivity contribution >= 4 is 23.2 Å². The molecule has 0 saturated carbocycles. The van der Waals surface area contributed by atoms with Gasteiger partial charge in [0.1, 0.15) is 5.69 Å². The Morgan fingerprint density at radius 3 is 2.82 bits per heavy atom. The van der Waals surface area contributed by atoms with E-state index in [9.17, 15) is 9.59 Å². The van der Waals surface area contributed by atoms with E-state index in [2.05, 4.69) is 20.1 Å². The maximum Gasteiger partial charge on any atom is 0.329 e. The highest BCUT2D eigenvalue weighted by molar-refractivity contribution is 5.86. The lowest BCUT2D eigenvalue weighted by Crippen LogP contribution is -2.33. The lowest BCUT2D eigenvalue weighted by molar-refractivity contribution is 0.321. The molecule has 0 atom stereocenters. The van der Waals surface area contributed by atoms with E-state index < -0.39 is 11.2 Å². The molecule has 4 N–H and O–H groups in total. The van der Waals surface area contributed by atoms with Gasteiger partial charge in [0, 0.05) is 7.05 Å². The number of nitrogens with one attached hydrogen (secondary N) is 1. The smallest absolute Gasteiger partial charge is 0.329 e. The Kier molecular flexibility index (Phi) is 2.35. The second-order valence-corrected chi connectivity index (χ2v) is 3.23. The van der Waals surface area contributed by atoms with Gasteiger partial charge in [-0.05, 0) is 0 Å². The van der Waals surface area contributed by atoms with E-state index in [0.717, 1.165) is 10.8 Å². The zero-order valence-corrected chi connectivity index (χ0v) is 8.71. The number of fused-ring (bicyclic) bond motifs is 1.